The summed E-state index contributed by atoms with van der Waals surface area (Å²) in [6.45, 7) is 1.65. The Balaban J connectivity index is 1.93. The van der Waals surface area contributed by atoms with Crippen molar-refractivity contribution in [1.29, 1.82) is 0 Å². The molecule has 1 unspecified atom stereocenters. The Kier molecular flexibility index (Phi) is 9.14. The Morgan fingerprint density at radius 1 is 1.14 bits per heavy atom. The summed E-state index contributed by atoms with van der Waals surface area (Å²) in [5.74, 6) is 2.32. The summed E-state index contributed by atoms with van der Waals surface area (Å²) in [5.41, 5.74) is 2.74. The average Bonchev–Trinajstić information content (AvgIpc) is 2.72. The first-order chi connectivity index (χ1) is 13.6. The highest BCUT2D eigenvalue weighted by Gasteiger charge is 2.17. The third-order valence-electron chi connectivity index (χ3n) is 5.23. The van der Waals surface area contributed by atoms with Gasteiger partial charge >= 0.3 is 0 Å². The Morgan fingerprint density at radius 3 is 2.54 bits per heavy atom. The zero-order chi connectivity index (χ0) is 20.4. The van der Waals surface area contributed by atoms with Gasteiger partial charge in [0, 0.05) is 20.1 Å². The largest absolute Gasteiger partial charge is 0.493 e. The van der Waals surface area contributed by atoms with Gasteiger partial charge in [-0.1, -0.05) is 17.7 Å². The summed E-state index contributed by atoms with van der Waals surface area (Å²) in [4.78, 5) is 6.56. The van der Waals surface area contributed by atoms with Gasteiger partial charge in [0.05, 0.1) is 20.3 Å². The summed E-state index contributed by atoms with van der Waals surface area (Å²) in [5, 5.41) is 6.90. The van der Waals surface area contributed by atoms with E-state index in [-0.39, 0.29) is 6.04 Å². The van der Waals surface area contributed by atoms with E-state index in [4.69, 9.17) is 9.47 Å². The van der Waals surface area contributed by atoms with Crippen LogP contribution in [0.4, 0.5) is 0 Å². The highest BCUT2D eigenvalue weighted by atomic mass is 16.5. The number of rotatable bonds is 9. The van der Waals surface area contributed by atoms with Crippen molar-refractivity contribution >= 4 is 5.96 Å². The maximum absolute atomic E-state index is 5.46. The number of nitrogens with zero attached hydrogens (tertiary/aromatic N) is 2. The first-order valence-corrected chi connectivity index (χ1v) is 10.1. The van der Waals surface area contributed by atoms with Crippen LogP contribution in [0.2, 0.25) is 0 Å². The van der Waals surface area contributed by atoms with Crippen molar-refractivity contribution in [3.05, 3.63) is 35.4 Å². The van der Waals surface area contributed by atoms with E-state index in [2.05, 4.69) is 46.8 Å². The van der Waals surface area contributed by atoms with E-state index in [9.17, 15) is 0 Å². The van der Waals surface area contributed by atoms with Gasteiger partial charge in [-0.25, -0.2) is 0 Å². The van der Waals surface area contributed by atoms with Crippen LogP contribution < -0.4 is 20.1 Å². The molecule has 0 saturated heterocycles. The minimum absolute atomic E-state index is 0.180. The second-order valence-corrected chi connectivity index (χ2v) is 7.33. The van der Waals surface area contributed by atoms with Gasteiger partial charge in [0.1, 0.15) is 0 Å². The summed E-state index contributed by atoms with van der Waals surface area (Å²) >= 11 is 0. The fourth-order valence-corrected chi connectivity index (χ4v) is 3.55. The number of likely N-dealkylation sites (N-methyl/N-ethyl adjacent to an activating group) is 1. The molecule has 156 valence electrons. The van der Waals surface area contributed by atoms with Crippen LogP contribution in [0.3, 0.4) is 0 Å². The molecule has 0 aromatic heterocycles. The summed E-state index contributed by atoms with van der Waals surface area (Å²) < 4.78 is 10.8. The zero-order valence-corrected chi connectivity index (χ0v) is 18.0. The summed E-state index contributed by atoms with van der Waals surface area (Å²) in [6.07, 6.45) is 8.64. The second kappa shape index (κ2) is 11.6. The van der Waals surface area contributed by atoms with E-state index in [1.165, 1.54) is 25.7 Å². The molecule has 6 heteroatoms. The lowest BCUT2D eigenvalue weighted by atomic mass is 9.97. The van der Waals surface area contributed by atoms with Crippen LogP contribution in [0.15, 0.2) is 34.8 Å². The Hall–Kier alpha value is -2.21. The molecule has 1 aliphatic rings. The summed E-state index contributed by atoms with van der Waals surface area (Å²) in [6, 6.07) is 6.26. The van der Waals surface area contributed by atoms with Gasteiger partial charge in [0.15, 0.2) is 17.5 Å². The topological polar surface area (TPSA) is 58.1 Å². The van der Waals surface area contributed by atoms with Crippen molar-refractivity contribution in [3.63, 3.8) is 0 Å². The van der Waals surface area contributed by atoms with Crippen molar-refractivity contribution in [3.8, 4) is 11.5 Å². The monoisotopic (exact) mass is 388 g/mol. The number of allylic oxidation sites excluding steroid dienone is 1. The number of guanidine groups is 1. The molecular weight excluding hydrogens is 352 g/mol. The quantitative estimate of drug-likeness (QED) is 0.386. The van der Waals surface area contributed by atoms with E-state index >= 15 is 0 Å². The second-order valence-electron chi connectivity index (χ2n) is 7.33. The van der Waals surface area contributed by atoms with Crippen molar-refractivity contribution in [2.75, 3.05) is 48.5 Å². The molecule has 0 radical (unpaired) electrons. The maximum atomic E-state index is 5.46. The van der Waals surface area contributed by atoms with Crippen molar-refractivity contribution in [2.45, 2.75) is 38.1 Å². The molecule has 2 N–H and O–H groups in total. The number of hydrogen-bond donors (Lipinski definition) is 2. The molecule has 1 aromatic rings. The van der Waals surface area contributed by atoms with Gasteiger partial charge in [-0.15, -0.1) is 0 Å². The van der Waals surface area contributed by atoms with Crippen LogP contribution in [-0.4, -0.2) is 59.3 Å². The molecular formula is C22H36N4O2. The molecule has 6 nitrogen and oxygen atoms in total. The minimum Gasteiger partial charge on any atom is -0.493 e. The lowest BCUT2D eigenvalue weighted by Gasteiger charge is -2.26. The first-order valence-electron chi connectivity index (χ1n) is 10.1. The first kappa shape index (κ1) is 22.1. The molecule has 1 aromatic carbocycles. The highest BCUT2D eigenvalue weighted by Crippen LogP contribution is 2.31. The molecule has 1 atom stereocenters. The van der Waals surface area contributed by atoms with Gasteiger partial charge in [-0.05, 0) is 63.9 Å². The average molecular weight is 389 g/mol. The van der Waals surface area contributed by atoms with Crippen LogP contribution >= 0.6 is 0 Å². The van der Waals surface area contributed by atoms with E-state index in [1.54, 1.807) is 19.8 Å². The third-order valence-corrected chi connectivity index (χ3v) is 5.23. The van der Waals surface area contributed by atoms with Gasteiger partial charge in [0.2, 0.25) is 0 Å². The van der Waals surface area contributed by atoms with Crippen LogP contribution in [0.25, 0.3) is 0 Å². The lowest BCUT2D eigenvalue weighted by Crippen LogP contribution is -2.42. The van der Waals surface area contributed by atoms with Crippen LogP contribution in [0.5, 0.6) is 11.5 Å². The molecule has 1 aliphatic carbocycles. The van der Waals surface area contributed by atoms with Crippen LogP contribution in [0, 0.1) is 0 Å². The van der Waals surface area contributed by atoms with Gasteiger partial charge in [-0.2, -0.15) is 0 Å². The van der Waals surface area contributed by atoms with Crippen molar-refractivity contribution in [1.82, 2.24) is 15.5 Å². The number of hydrogen-bond acceptors (Lipinski definition) is 4. The Bertz CT molecular complexity index is 671. The standard InChI is InChI=1S/C22H36N4O2/c1-23-22(24-14-13-17-9-7-6-8-10-17)25-16-19(26(2)3)18-11-12-20(27-4)21(15-18)28-5/h9,11-12,15,19H,6-8,10,13-14,16H2,1-5H3,(H2,23,24,25). The Labute approximate surface area is 170 Å². The number of methoxy groups -OCH3 is 2. The number of ether oxygens (including phenoxy) is 2. The smallest absolute Gasteiger partial charge is 0.191 e. The third kappa shape index (κ3) is 6.44. The molecule has 0 spiro atoms. The fourth-order valence-electron chi connectivity index (χ4n) is 3.55. The molecule has 0 amide bonds. The number of nitrogens with one attached hydrogen (secondary N) is 2. The van der Waals surface area contributed by atoms with E-state index in [0.29, 0.717) is 0 Å². The Morgan fingerprint density at radius 2 is 1.93 bits per heavy atom. The van der Waals surface area contributed by atoms with E-state index in [0.717, 1.165) is 42.5 Å². The van der Waals surface area contributed by atoms with E-state index < -0.39 is 0 Å². The maximum Gasteiger partial charge on any atom is 0.191 e. The molecule has 2 rings (SSSR count). The van der Waals surface area contributed by atoms with Crippen molar-refractivity contribution in [2.24, 2.45) is 4.99 Å². The number of benzene rings is 1. The molecule has 0 heterocycles. The van der Waals surface area contributed by atoms with Gasteiger partial charge < -0.3 is 25.0 Å². The van der Waals surface area contributed by atoms with Crippen LogP contribution in [-0.2, 0) is 0 Å². The molecule has 0 bridgehead atoms. The lowest BCUT2D eigenvalue weighted by molar-refractivity contribution is 0.295. The minimum atomic E-state index is 0.180. The molecule has 0 saturated carbocycles. The zero-order valence-electron chi connectivity index (χ0n) is 18.0. The predicted molar refractivity (Wildman–Crippen MR) is 117 cm³/mol. The summed E-state index contributed by atoms with van der Waals surface area (Å²) in [7, 11) is 9.29. The molecule has 0 fully saturated rings. The molecule has 0 aliphatic heterocycles. The highest BCUT2D eigenvalue weighted by molar-refractivity contribution is 5.79. The van der Waals surface area contributed by atoms with Gasteiger partial charge in [0.25, 0.3) is 0 Å². The SMILES string of the molecule is CN=C(NCCC1=CCCCC1)NCC(c1ccc(OC)c(OC)c1)N(C)C. The molecule has 28 heavy (non-hydrogen) atoms. The normalized spacial score (nSPS) is 15.8. The number of aliphatic imine (C=N–C) groups is 1. The van der Waals surface area contributed by atoms with Crippen molar-refractivity contribution < 1.29 is 9.47 Å². The van der Waals surface area contributed by atoms with E-state index in [1.807, 2.05) is 19.2 Å². The van der Waals surface area contributed by atoms with Gasteiger partial charge in [-0.3, -0.25) is 4.99 Å². The fraction of sp³-hybridized carbons (Fsp3) is 0.591. The van der Waals surface area contributed by atoms with Crippen LogP contribution in [0.1, 0.15) is 43.7 Å². The predicted octanol–water partition coefficient (Wildman–Crippen LogP) is 3.36.